The van der Waals surface area contributed by atoms with Crippen LogP contribution in [0, 0.1) is 20.8 Å². The molecule has 4 aromatic heterocycles. The van der Waals surface area contributed by atoms with Crippen LogP contribution in [0.15, 0.2) is 71.3 Å². The van der Waals surface area contributed by atoms with Gasteiger partial charge in [0.15, 0.2) is 0 Å². The highest BCUT2D eigenvalue weighted by molar-refractivity contribution is 7.22. The van der Waals surface area contributed by atoms with E-state index in [0.29, 0.717) is 5.71 Å². The largest absolute Gasteiger partial charge is 0.437 e. The summed E-state index contributed by atoms with van der Waals surface area (Å²) in [6.07, 6.45) is 1.97. The molecule has 0 amide bonds. The Morgan fingerprint density at radius 2 is 1.65 bits per heavy atom. The van der Waals surface area contributed by atoms with Gasteiger partial charge in [0.25, 0.3) is 0 Å². The number of nitrogens with zero attached hydrogens (tertiary/aromatic N) is 2. The van der Waals surface area contributed by atoms with Gasteiger partial charge >= 0.3 is 0 Å². The number of furan rings is 1. The van der Waals surface area contributed by atoms with Crippen molar-refractivity contribution in [2.24, 2.45) is 0 Å². The predicted molar refractivity (Wildman–Crippen MR) is 130 cm³/mol. The highest BCUT2D eigenvalue weighted by Gasteiger charge is 2.15. The number of fused-ring (bicyclic) bond motifs is 4. The average molecular weight is 421 g/mol. The van der Waals surface area contributed by atoms with E-state index in [1.165, 1.54) is 31.7 Å². The Morgan fingerprint density at radius 1 is 0.839 bits per heavy atom. The molecule has 0 spiro atoms. The van der Waals surface area contributed by atoms with Gasteiger partial charge < -0.3 is 4.42 Å². The van der Waals surface area contributed by atoms with Crippen LogP contribution in [0.25, 0.3) is 53.9 Å². The van der Waals surface area contributed by atoms with Crippen LogP contribution in [0.4, 0.5) is 0 Å². The molecule has 0 aliphatic rings. The fourth-order valence-electron chi connectivity index (χ4n) is 4.38. The van der Waals surface area contributed by atoms with E-state index in [4.69, 9.17) is 9.40 Å². The summed E-state index contributed by atoms with van der Waals surface area (Å²) in [6.45, 7) is 6.33. The minimum Gasteiger partial charge on any atom is -0.437 e. The zero-order valence-corrected chi connectivity index (χ0v) is 18.4. The lowest BCUT2D eigenvalue weighted by Gasteiger charge is -2.06. The number of benzene rings is 2. The molecule has 0 fully saturated rings. The van der Waals surface area contributed by atoms with Gasteiger partial charge in [0.2, 0.25) is 5.71 Å². The molecule has 0 N–H and O–H groups in total. The lowest BCUT2D eigenvalue weighted by Crippen LogP contribution is -1.84. The molecular weight excluding hydrogens is 400 g/mol. The van der Waals surface area contributed by atoms with E-state index in [-0.39, 0.29) is 0 Å². The van der Waals surface area contributed by atoms with Gasteiger partial charge in [-0.15, -0.1) is 11.3 Å². The number of para-hydroxylation sites is 1. The monoisotopic (exact) mass is 420 g/mol. The van der Waals surface area contributed by atoms with E-state index in [9.17, 15) is 0 Å². The maximum absolute atomic E-state index is 6.19. The fraction of sp³-hybridized carbons (Fsp3) is 0.111. The Hall–Kier alpha value is -3.50. The third-order valence-corrected chi connectivity index (χ3v) is 7.02. The lowest BCUT2D eigenvalue weighted by molar-refractivity contribution is 0.653. The first kappa shape index (κ1) is 18.3. The number of aromatic nitrogens is 2. The first-order valence-corrected chi connectivity index (χ1v) is 11.2. The van der Waals surface area contributed by atoms with Crippen LogP contribution in [-0.2, 0) is 0 Å². The molecule has 2 aromatic carbocycles. The summed E-state index contributed by atoms with van der Waals surface area (Å²) in [5.41, 5.74) is 8.31. The first-order chi connectivity index (χ1) is 15.1. The topological polar surface area (TPSA) is 38.9 Å². The molecular formula is C27H20N2OS. The maximum Gasteiger partial charge on any atom is 0.227 e. The smallest absolute Gasteiger partial charge is 0.227 e. The van der Waals surface area contributed by atoms with Crippen molar-refractivity contribution in [3.63, 3.8) is 0 Å². The van der Waals surface area contributed by atoms with Crippen LogP contribution in [0.1, 0.15) is 16.8 Å². The Balaban J connectivity index is 1.54. The summed E-state index contributed by atoms with van der Waals surface area (Å²) in [5.74, 6) is 0. The third-order valence-electron chi connectivity index (χ3n) is 5.91. The molecule has 0 aliphatic carbocycles. The number of hydrogen-bond donors (Lipinski definition) is 0. The third kappa shape index (κ3) is 2.87. The minimum atomic E-state index is 0.678. The van der Waals surface area contributed by atoms with Gasteiger partial charge in [-0.25, -0.2) is 4.98 Å². The molecule has 0 atom stereocenters. The van der Waals surface area contributed by atoms with Crippen LogP contribution >= 0.6 is 11.3 Å². The second-order valence-corrected chi connectivity index (χ2v) is 9.16. The fourth-order valence-corrected chi connectivity index (χ4v) is 5.63. The predicted octanol–water partition coefficient (Wildman–Crippen LogP) is 7.85. The van der Waals surface area contributed by atoms with Crippen molar-refractivity contribution >= 4 is 43.5 Å². The second kappa shape index (κ2) is 6.76. The highest BCUT2D eigenvalue weighted by atomic mass is 32.1. The molecule has 4 heteroatoms. The van der Waals surface area contributed by atoms with Crippen LogP contribution < -0.4 is 0 Å². The summed E-state index contributed by atoms with van der Waals surface area (Å²) < 4.78 is 7.42. The summed E-state index contributed by atoms with van der Waals surface area (Å²) >= 11 is 1.82. The first-order valence-electron chi connectivity index (χ1n) is 10.3. The van der Waals surface area contributed by atoms with Gasteiger partial charge in [-0.2, -0.15) is 0 Å². The lowest BCUT2D eigenvalue weighted by atomic mass is 10.0. The van der Waals surface area contributed by atoms with Crippen LogP contribution in [0.5, 0.6) is 0 Å². The van der Waals surface area contributed by atoms with Gasteiger partial charge in [0.1, 0.15) is 5.58 Å². The van der Waals surface area contributed by atoms with E-state index in [1.54, 1.807) is 0 Å². The molecule has 0 saturated heterocycles. The zero-order chi connectivity index (χ0) is 21.1. The Morgan fingerprint density at radius 3 is 2.48 bits per heavy atom. The van der Waals surface area contributed by atoms with Crippen molar-refractivity contribution in [2.75, 3.05) is 0 Å². The molecule has 3 nitrogen and oxygen atoms in total. The van der Waals surface area contributed by atoms with Crippen molar-refractivity contribution in [3.05, 3.63) is 83.7 Å². The molecule has 0 unspecified atom stereocenters. The van der Waals surface area contributed by atoms with E-state index >= 15 is 0 Å². The van der Waals surface area contributed by atoms with Crippen molar-refractivity contribution in [1.29, 1.82) is 0 Å². The molecule has 0 saturated carbocycles. The second-order valence-electron chi connectivity index (χ2n) is 8.07. The maximum atomic E-state index is 6.19. The molecule has 0 radical (unpaired) electrons. The standard InChI is InChI=1S/C27H20N2OS/c1-15-6-4-7-16(2)25(15)24-12-18-14-28-22(13-23(18)31-24)21-9-5-8-19-20-11-10-17(3)29-27(20)30-26(19)21/h4-14H,1-3H3. The Bertz CT molecular complexity index is 1600. The van der Waals surface area contributed by atoms with Gasteiger partial charge in [-0.05, 0) is 67.8 Å². The molecule has 6 rings (SSSR count). The molecule has 150 valence electrons. The SMILES string of the molecule is Cc1ccc2c(n1)oc1c(-c3cc4sc(-c5c(C)cccc5C)cc4cn3)cccc12. The summed E-state index contributed by atoms with van der Waals surface area (Å²) in [5, 5.41) is 3.28. The van der Waals surface area contributed by atoms with Crippen LogP contribution in [0.2, 0.25) is 0 Å². The zero-order valence-electron chi connectivity index (χ0n) is 17.6. The molecule has 31 heavy (non-hydrogen) atoms. The minimum absolute atomic E-state index is 0.678. The quantitative estimate of drug-likeness (QED) is 0.286. The van der Waals surface area contributed by atoms with Gasteiger partial charge in [-0.1, -0.05) is 30.3 Å². The number of hydrogen-bond acceptors (Lipinski definition) is 4. The number of aryl methyl sites for hydroxylation is 3. The van der Waals surface area contributed by atoms with Crippen LogP contribution in [0.3, 0.4) is 0 Å². The van der Waals surface area contributed by atoms with Gasteiger partial charge in [-0.3, -0.25) is 4.98 Å². The van der Waals surface area contributed by atoms with E-state index in [2.05, 4.69) is 73.4 Å². The van der Waals surface area contributed by atoms with Crippen molar-refractivity contribution in [2.45, 2.75) is 20.8 Å². The Kier molecular flexibility index (Phi) is 3.99. The van der Waals surface area contributed by atoms with E-state index in [0.717, 1.165) is 33.3 Å². The van der Waals surface area contributed by atoms with Crippen molar-refractivity contribution < 1.29 is 4.42 Å². The molecule has 6 aromatic rings. The Labute approximate surface area is 184 Å². The number of pyridine rings is 2. The normalized spacial score (nSPS) is 11.7. The average Bonchev–Trinajstić information content (AvgIpc) is 3.33. The summed E-state index contributed by atoms with van der Waals surface area (Å²) in [6, 6.07) is 21.2. The number of thiophene rings is 1. The molecule has 0 bridgehead atoms. The van der Waals surface area contributed by atoms with Crippen LogP contribution in [-0.4, -0.2) is 9.97 Å². The van der Waals surface area contributed by atoms with Crippen molar-refractivity contribution in [1.82, 2.24) is 9.97 Å². The van der Waals surface area contributed by atoms with E-state index in [1.807, 2.05) is 30.5 Å². The van der Waals surface area contributed by atoms with E-state index < -0.39 is 0 Å². The highest BCUT2D eigenvalue weighted by Crippen LogP contribution is 2.39. The molecule has 0 aliphatic heterocycles. The van der Waals surface area contributed by atoms with Gasteiger partial charge in [0.05, 0.1) is 5.69 Å². The summed E-state index contributed by atoms with van der Waals surface area (Å²) in [4.78, 5) is 10.6. The molecule has 4 heterocycles. The summed E-state index contributed by atoms with van der Waals surface area (Å²) in [7, 11) is 0. The van der Waals surface area contributed by atoms with Crippen molar-refractivity contribution in [3.8, 4) is 21.7 Å². The number of rotatable bonds is 2. The van der Waals surface area contributed by atoms with Gasteiger partial charge in [0, 0.05) is 43.2 Å².